The molecular formula is C15H25NO4. The second-order valence-electron chi connectivity index (χ2n) is 6.37. The number of ether oxygens (including phenoxy) is 1. The number of hydrogen-bond acceptors (Lipinski definition) is 3. The smallest absolute Gasteiger partial charge is 0.307 e. The van der Waals surface area contributed by atoms with Gasteiger partial charge in [0.2, 0.25) is 5.91 Å². The maximum absolute atomic E-state index is 12.4. The first kappa shape index (κ1) is 15.3. The molecule has 2 unspecified atom stereocenters. The molecule has 2 rings (SSSR count). The van der Waals surface area contributed by atoms with E-state index in [0.717, 1.165) is 26.1 Å². The standard InChI is InChI=1S/C15H25NO4/c1-9-7-12(13(8-9)15(18)19)14(17)16-10(2)11-3-5-20-6-4-11/h9-13H,3-8H2,1-2H3,(H,16,17)(H,18,19)/t9?,10?,12-,13+/m0/s1. The molecule has 1 saturated carbocycles. The Morgan fingerprint density at radius 1 is 1.20 bits per heavy atom. The molecule has 2 fully saturated rings. The Morgan fingerprint density at radius 3 is 2.40 bits per heavy atom. The van der Waals surface area contributed by atoms with Crippen LogP contribution in [0.15, 0.2) is 0 Å². The van der Waals surface area contributed by atoms with Crippen molar-refractivity contribution in [2.75, 3.05) is 13.2 Å². The second-order valence-corrected chi connectivity index (χ2v) is 6.37. The van der Waals surface area contributed by atoms with Crippen LogP contribution in [0, 0.1) is 23.7 Å². The molecule has 1 aliphatic carbocycles. The van der Waals surface area contributed by atoms with E-state index in [-0.39, 0.29) is 17.9 Å². The van der Waals surface area contributed by atoms with Gasteiger partial charge in [-0.2, -0.15) is 0 Å². The van der Waals surface area contributed by atoms with Crippen molar-refractivity contribution < 1.29 is 19.4 Å². The lowest BCUT2D eigenvalue weighted by Gasteiger charge is -2.29. The van der Waals surface area contributed by atoms with Crippen LogP contribution < -0.4 is 5.32 Å². The number of rotatable bonds is 4. The molecule has 1 heterocycles. The second kappa shape index (κ2) is 6.57. The minimum atomic E-state index is -0.840. The number of carbonyl (C=O) groups is 2. The normalized spacial score (nSPS) is 32.8. The average Bonchev–Trinajstić information content (AvgIpc) is 2.82. The zero-order chi connectivity index (χ0) is 14.7. The lowest BCUT2D eigenvalue weighted by molar-refractivity contribution is -0.146. The molecule has 0 aromatic carbocycles. The molecule has 4 atom stereocenters. The fourth-order valence-electron chi connectivity index (χ4n) is 3.52. The van der Waals surface area contributed by atoms with Gasteiger partial charge in [-0.15, -0.1) is 0 Å². The third-order valence-corrected chi connectivity index (χ3v) is 4.80. The van der Waals surface area contributed by atoms with E-state index >= 15 is 0 Å². The Labute approximate surface area is 120 Å². The van der Waals surface area contributed by atoms with Gasteiger partial charge in [-0.1, -0.05) is 6.92 Å². The largest absolute Gasteiger partial charge is 0.481 e. The van der Waals surface area contributed by atoms with Gasteiger partial charge >= 0.3 is 5.97 Å². The van der Waals surface area contributed by atoms with E-state index in [1.165, 1.54) is 0 Å². The molecule has 114 valence electrons. The van der Waals surface area contributed by atoms with Crippen molar-refractivity contribution in [3.63, 3.8) is 0 Å². The van der Waals surface area contributed by atoms with E-state index in [1.807, 2.05) is 13.8 Å². The molecule has 0 bridgehead atoms. The molecule has 0 aromatic heterocycles. The summed E-state index contributed by atoms with van der Waals surface area (Å²) in [5, 5.41) is 12.3. The Bertz CT molecular complexity index is 365. The van der Waals surface area contributed by atoms with Gasteiger partial charge in [-0.3, -0.25) is 9.59 Å². The maximum atomic E-state index is 12.4. The van der Waals surface area contributed by atoms with Gasteiger partial charge in [0.1, 0.15) is 0 Å². The molecule has 5 heteroatoms. The van der Waals surface area contributed by atoms with Gasteiger partial charge in [-0.25, -0.2) is 0 Å². The first-order valence-electron chi connectivity index (χ1n) is 7.60. The monoisotopic (exact) mass is 283 g/mol. The van der Waals surface area contributed by atoms with Crippen LogP contribution in [0.4, 0.5) is 0 Å². The Balaban J connectivity index is 1.91. The van der Waals surface area contributed by atoms with Crippen molar-refractivity contribution in [3.05, 3.63) is 0 Å². The highest BCUT2D eigenvalue weighted by Crippen LogP contribution is 2.36. The Hall–Kier alpha value is -1.10. The van der Waals surface area contributed by atoms with Gasteiger partial charge in [0, 0.05) is 19.3 Å². The molecular weight excluding hydrogens is 258 g/mol. The lowest BCUT2D eigenvalue weighted by Crippen LogP contribution is -2.44. The molecule has 2 N–H and O–H groups in total. The van der Waals surface area contributed by atoms with Gasteiger partial charge in [-0.05, 0) is 44.4 Å². The summed E-state index contributed by atoms with van der Waals surface area (Å²) in [4.78, 5) is 23.6. The minimum Gasteiger partial charge on any atom is -0.481 e. The van der Waals surface area contributed by atoms with Gasteiger partial charge in [0.25, 0.3) is 0 Å². The fraction of sp³-hybridized carbons (Fsp3) is 0.867. The highest BCUT2D eigenvalue weighted by molar-refractivity contribution is 5.85. The quantitative estimate of drug-likeness (QED) is 0.823. The number of carboxylic acids is 1. The predicted molar refractivity (Wildman–Crippen MR) is 74.2 cm³/mol. The van der Waals surface area contributed by atoms with Crippen LogP contribution in [0.25, 0.3) is 0 Å². The first-order chi connectivity index (χ1) is 9.49. The van der Waals surface area contributed by atoms with Gasteiger partial charge in [0.15, 0.2) is 0 Å². The van der Waals surface area contributed by atoms with E-state index in [1.54, 1.807) is 0 Å². The maximum Gasteiger partial charge on any atom is 0.307 e. The number of hydrogen-bond donors (Lipinski definition) is 2. The van der Waals surface area contributed by atoms with Gasteiger partial charge < -0.3 is 15.2 Å². The van der Waals surface area contributed by atoms with Crippen LogP contribution >= 0.6 is 0 Å². The molecule has 2 aliphatic rings. The molecule has 1 saturated heterocycles. The lowest BCUT2D eigenvalue weighted by atomic mass is 9.91. The molecule has 0 aromatic rings. The number of nitrogens with one attached hydrogen (secondary N) is 1. The van der Waals surface area contributed by atoms with Crippen LogP contribution in [-0.2, 0) is 14.3 Å². The molecule has 0 spiro atoms. The number of aliphatic carboxylic acids is 1. The van der Waals surface area contributed by atoms with Crippen molar-refractivity contribution in [2.45, 2.75) is 45.6 Å². The summed E-state index contributed by atoms with van der Waals surface area (Å²) < 4.78 is 5.33. The fourth-order valence-corrected chi connectivity index (χ4v) is 3.52. The Kier molecular flexibility index (Phi) is 5.02. The topological polar surface area (TPSA) is 75.6 Å². The van der Waals surface area contributed by atoms with E-state index in [9.17, 15) is 14.7 Å². The number of carbonyl (C=O) groups excluding carboxylic acids is 1. The summed E-state index contributed by atoms with van der Waals surface area (Å²) in [5.41, 5.74) is 0. The van der Waals surface area contributed by atoms with Crippen LogP contribution in [0.1, 0.15) is 39.5 Å². The SMILES string of the molecule is CC1C[C@H](C(=O)NC(C)C2CCOCC2)[C@H](C(=O)O)C1. The molecule has 5 nitrogen and oxygen atoms in total. The highest BCUT2D eigenvalue weighted by Gasteiger charge is 2.41. The number of carboxylic acid groups (broad SMARTS) is 1. The van der Waals surface area contributed by atoms with E-state index < -0.39 is 11.9 Å². The molecule has 1 amide bonds. The van der Waals surface area contributed by atoms with E-state index in [0.29, 0.717) is 24.7 Å². The minimum absolute atomic E-state index is 0.0826. The van der Waals surface area contributed by atoms with Crippen LogP contribution in [-0.4, -0.2) is 36.2 Å². The van der Waals surface area contributed by atoms with Crippen molar-refractivity contribution in [3.8, 4) is 0 Å². The third-order valence-electron chi connectivity index (χ3n) is 4.80. The summed E-state index contributed by atoms with van der Waals surface area (Å²) in [6, 6.07) is 0.0942. The zero-order valence-electron chi connectivity index (χ0n) is 12.3. The van der Waals surface area contributed by atoms with Crippen molar-refractivity contribution in [1.29, 1.82) is 0 Å². The van der Waals surface area contributed by atoms with E-state index in [2.05, 4.69) is 5.32 Å². The highest BCUT2D eigenvalue weighted by atomic mass is 16.5. The summed E-state index contributed by atoms with van der Waals surface area (Å²) in [6.45, 7) is 5.54. The first-order valence-corrected chi connectivity index (χ1v) is 7.60. The summed E-state index contributed by atoms with van der Waals surface area (Å²) in [6.07, 6.45) is 3.22. The zero-order valence-corrected chi connectivity index (χ0v) is 12.3. The Morgan fingerprint density at radius 2 is 1.80 bits per heavy atom. The molecule has 0 radical (unpaired) electrons. The van der Waals surface area contributed by atoms with Crippen LogP contribution in [0.2, 0.25) is 0 Å². The van der Waals surface area contributed by atoms with Crippen molar-refractivity contribution >= 4 is 11.9 Å². The third kappa shape index (κ3) is 3.51. The summed E-state index contributed by atoms with van der Waals surface area (Å²) in [7, 11) is 0. The van der Waals surface area contributed by atoms with Crippen molar-refractivity contribution in [1.82, 2.24) is 5.32 Å². The molecule has 20 heavy (non-hydrogen) atoms. The van der Waals surface area contributed by atoms with Gasteiger partial charge in [0.05, 0.1) is 11.8 Å². The van der Waals surface area contributed by atoms with Crippen molar-refractivity contribution in [2.24, 2.45) is 23.7 Å². The average molecular weight is 283 g/mol. The summed E-state index contributed by atoms with van der Waals surface area (Å²) in [5.74, 6) is -1.06. The van der Waals surface area contributed by atoms with Crippen LogP contribution in [0.5, 0.6) is 0 Å². The number of amides is 1. The molecule has 1 aliphatic heterocycles. The van der Waals surface area contributed by atoms with Crippen LogP contribution in [0.3, 0.4) is 0 Å². The predicted octanol–water partition coefficient (Wildman–Crippen LogP) is 1.66. The summed E-state index contributed by atoms with van der Waals surface area (Å²) >= 11 is 0. The van der Waals surface area contributed by atoms with E-state index in [4.69, 9.17) is 4.74 Å².